The molecular weight excluding hydrogens is 335 g/mol. The zero-order valence-corrected chi connectivity index (χ0v) is 13.4. The lowest BCUT2D eigenvalue weighted by atomic mass is 10.2. The summed E-state index contributed by atoms with van der Waals surface area (Å²) in [5.74, 6) is -1.60. The summed E-state index contributed by atoms with van der Waals surface area (Å²) in [6, 6.07) is 8.44. The third kappa shape index (κ3) is 3.14. The number of ether oxygens (including phenoxy) is 1. The van der Waals surface area contributed by atoms with Crippen LogP contribution in [-0.4, -0.2) is 15.4 Å². The summed E-state index contributed by atoms with van der Waals surface area (Å²) in [6.07, 6.45) is 1.61. The van der Waals surface area contributed by atoms with E-state index in [0.29, 0.717) is 5.65 Å². The molecule has 0 saturated heterocycles. The van der Waals surface area contributed by atoms with Gasteiger partial charge in [-0.15, -0.1) is 0 Å². The molecule has 0 atom stereocenters. The Kier molecular flexibility index (Phi) is 4.31. The number of carbonyl (C=O) groups is 1. The monoisotopic (exact) mass is 346 g/mol. The molecule has 2 heterocycles. The van der Waals surface area contributed by atoms with E-state index in [1.807, 2.05) is 13.0 Å². The summed E-state index contributed by atoms with van der Waals surface area (Å²) in [6.45, 7) is 1.57. The van der Waals surface area contributed by atoms with Crippen molar-refractivity contribution in [3.63, 3.8) is 0 Å². The zero-order chi connectivity index (χ0) is 17.3. The molecule has 2 aromatic heterocycles. The van der Waals surface area contributed by atoms with Gasteiger partial charge in [-0.05, 0) is 36.8 Å². The molecule has 3 rings (SSSR count). The number of pyridine rings is 1. The lowest BCUT2D eigenvalue weighted by Gasteiger charge is -2.08. The molecule has 0 fully saturated rings. The van der Waals surface area contributed by atoms with Crippen molar-refractivity contribution in [3.8, 4) is 0 Å². The van der Waals surface area contributed by atoms with Crippen LogP contribution < -0.4 is 5.56 Å². The van der Waals surface area contributed by atoms with Crippen LogP contribution in [0.5, 0.6) is 0 Å². The average Bonchev–Trinajstić information content (AvgIpc) is 2.56. The molecule has 0 radical (unpaired) electrons. The number of esters is 1. The van der Waals surface area contributed by atoms with E-state index in [2.05, 4.69) is 4.98 Å². The summed E-state index contributed by atoms with van der Waals surface area (Å²) >= 11 is 5.75. The van der Waals surface area contributed by atoms with Crippen LogP contribution in [0.1, 0.15) is 21.6 Å². The second-order valence-corrected chi connectivity index (χ2v) is 5.61. The smallest absolute Gasteiger partial charge is 0.341 e. The molecule has 0 spiro atoms. The molecule has 0 aliphatic heterocycles. The summed E-state index contributed by atoms with van der Waals surface area (Å²) in [7, 11) is 0. The molecule has 0 unspecified atom stereocenters. The van der Waals surface area contributed by atoms with Crippen LogP contribution >= 0.6 is 11.6 Å². The molecule has 7 heteroatoms. The number of carbonyl (C=O) groups excluding carboxylic acids is 1. The average molecular weight is 347 g/mol. The minimum Gasteiger partial charge on any atom is -0.455 e. The highest BCUT2D eigenvalue weighted by Gasteiger charge is 2.15. The van der Waals surface area contributed by atoms with E-state index in [9.17, 15) is 14.0 Å². The Bertz CT molecular complexity index is 1000. The van der Waals surface area contributed by atoms with E-state index in [1.165, 1.54) is 22.6 Å². The van der Waals surface area contributed by atoms with Crippen LogP contribution in [-0.2, 0) is 11.3 Å². The normalized spacial score (nSPS) is 10.8. The molecular formula is C17H12ClFN2O3. The number of hydrogen-bond donors (Lipinski definition) is 0. The fraction of sp³-hybridized carbons (Fsp3) is 0.118. The summed E-state index contributed by atoms with van der Waals surface area (Å²) < 4.78 is 20.1. The third-order valence-electron chi connectivity index (χ3n) is 3.44. The Morgan fingerprint density at radius 1 is 1.33 bits per heavy atom. The third-order valence-corrected chi connectivity index (χ3v) is 3.67. The molecule has 0 bridgehead atoms. The fourth-order valence-electron chi connectivity index (χ4n) is 2.25. The van der Waals surface area contributed by atoms with Gasteiger partial charge in [-0.3, -0.25) is 9.20 Å². The largest absolute Gasteiger partial charge is 0.455 e. The Morgan fingerprint density at radius 2 is 2.12 bits per heavy atom. The maximum absolute atomic E-state index is 13.6. The van der Waals surface area contributed by atoms with E-state index in [4.69, 9.17) is 16.3 Å². The number of halogens is 2. The highest BCUT2D eigenvalue weighted by molar-refractivity contribution is 6.30. The Morgan fingerprint density at radius 3 is 2.92 bits per heavy atom. The SMILES string of the molecule is Cc1cccn2c(=O)cc(COC(=O)c3cc(Cl)ccc3F)nc12. The van der Waals surface area contributed by atoms with Crippen LogP contribution in [0.15, 0.2) is 47.4 Å². The number of fused-ring (bicyclic) bond motifs is 1. The highest BCUT2D eigenvalue weighted by atomic mass is 35.5. The number of hydrogen-bond acceptors (Lipinski definition) is 4. The lowest BCUT2D eigenvalue weighted by Crippen LogP contribution is -2.17. The van der Waals surface area contributed by atoms with Crippen LogP contribution in [0.2, 0.25) is 5.02 Å². The van der Waals surface area contributed by atoms with E-state index >= 15 is 0 Å². The standard InChI is InChI=1S/C17H12ClFN2O3/c1-10-3-2-6-21-15(22)8-12(20-16(10)21)9-24-17(23)13-7-11(18)4-5-14(13)19/h2-8H,9H2,1H3. The van der Waals surface area contributed by atoms with Crippen molar-refractivity contribution >= 4 is 23.2 Å². The van der Waals surface area contributed by atoms with Crippen molar-refractivity contribution in [2.24, 2.45) is 0 Å². The first-order chi connectivity index (χ1) is 11.5. The number of benzene rings is 1. The van der Waals surface area contributed by atoms with Gasteiger partial charge in [-0.1, -0.05) is 17.7 Å². The van der Waals surface area contributed by atoms with E-state index < -0.39 is 11.8 Å². The molecule has 5 nitrogen and oxygen atoms in total. The van der Waals surface area contributed by atoms with Gasteiger partial charge in [0, 0.05) is 17.3 Å². The van der Waals surface area contributed by atoms with Crippen molar-refractivity contribution in [2.75, 3.05) is 0 Å². The van der Waals surface area contributed by atoms with Crippen LogP contribution in [0.3, 0.4) is 0 Å². The Balaban J connectivity index is 1.86. The molecule has 0 aliphatic carbocycles. The minimum atomic E-state index is -0.873. The highest BCUT2D eigenvalue weighted by Crippen LogP contribution is 2.16. The van der Waals surface area contributed by atoms with Gasteiger partial charge in [-0.2, -0.15) is 0 Å². The van der Waals surface area contributed by atoms with Crippen molar-refractivity contribution < 1.29 is 13.9 Å². The van der Waals surface area contributed by atoms with E-state index in [1.54, 1.807) is 12.3 Å². The molecule has 24 heavy (non-hydrogen) atoms. The lowest BCUT2D eigenvalue weighted by molar-refractivity contribution is 0.0462. The van der Waals surface area contributed by atoms with Crippen molar-refractivity contribution in [1.82, 2.24) is 9.38 Å². The molecule has 0 saturated carbocycles. The van der Waals surface area contributed by atoms with Gasteiger partial charge in [0.1, 0.15) is 18.1 Å². The van der Waals surface area contributed by atoms with E-state index in [0.717, 1.165) is 11.6 Å². The topological polar surface area (TPSA) is 60.7 Å². The van der Waals surface area contributed by atoms with Crippen molar-refractivity contribution in [3.05, 3.63) is 80.6 Å². The van der Waals surface area contributed by atoms with Gasteiger partial charge in [0.05, 0.1) is 11.3 Å². The summed E-state index contributed by atoms with van der Waals surface area (Å²) in [5.41, 5.74) is 1.01. The zero-order valence-electron chi connectivity index (χ0n) is 12.6. The van der Waals surface area contributed by atoms with Gasteiger partial charge < -0.3 is 4.74 Å². The van der Waals surface area contributed by atoms with Crippen LogP contribution in [0.4, 0.5) is 4.39 Å². The predicted molar refractivity (Wildman–Crippen MR) is 86.7 cm³/mol. The van der Waals surface area contributed by atoms with Gasteiger partial charge in [0.15, 0.2) is 0 Å². The Hall–Kier alpha value is -2.73. The quantitative estimate of drug-likeness (QED) is 0.683. The number of nitrogens with zero attached hydrogens (tertiary/aromatic N) is 2. The second kappa shape index (κ2) is 6.41. The molecule has 1 aromatic carbocycles. The van der Waals surface area contributed by atoms with Crippen molar-refractivity contribution in [2.45, 2.75) is 13.5 Å². The molecule has 0 amide bonds. The van der Waals surface area contributed by atoms with Gasteiger partial charge in [0.2, 0.25) is 0 Å². The second-order valence-electron chi connectivity index (χ2n) is 5.17. The molecule has 3 aromatic rings. The molecule has 0 N–H and O–H groups in total. The summed E-state index contributed by atoms with van der Waals surface area (Å²) in [5, 5.41) is 0.223. The Labute approximate surface area is 141 Å². The number of aryl methyl sites for hydroxylation is 1. The number of aromatic nitrogens is 2. The van der Waals surface area contributed by atoms with Crippen LogP contribution in [0, 0.1) is 12.7 Å². The van der Waals surface area contributed by atoms with Gasteiger partial charge in [-0.25, -0.2) is 14.2 Å². The molecule has 122 valence electrons. The maximum Gasteiger partial charge on any atom is 0.341 e. The van der Waals surface area contributed by atoms with Gasteiger partial charge >= 0.3 is 5.97 Å². The van der Waals surface area contributed by atoms with Crippen molar-refractivity contribution in [1.29, 1.82) is 0 Å². The fourth-order valence-corrected chi connectivity index (χ4v) is 2.43. The molecule has 0 aliphatic rings. The summed E-state index contributed by atoms with van der Waals surface area (Å²) in [4.78, 5) is 28.4. The number of rotatable bonds is 3. The van der Waals surface area contributed by atoms with Gasteiger partial charge in [0.25, 0.3) is 5.56 Å². The van der Waals surface area contributed by atoms with E-state index in [-0.39, 0.29) is 28.4 Å². The first-order valence-corrected chi connectivity index (χ1v) is 7.43. The minimum absolute atomic E-state index is 0.223. The maximum atomic E-state index is 13.6. The van der Waals surface area contributed by atoms with Crippen LogP contribution in [0.25, 0.3) is 5.65 Å². The first kappa shape index (κ1) is 16.1. The predicted octanol–water partition coefficient (Wildman–Crippen LogP) is 3.15. The first-order valence-electron chi connectivity index (χ1n) is 7.06.